The van der Waals surface area contributed by atoms with Crippen LogP contribution >= 0.6 is 0 Å². The van der Waals surface area contributed by atoms with Gasteiger partial charge in [-0.2, -0.15) is 5.10 Å². The van der Waals surface area contributed by atoms with Gasteiger partial charge >= 0.3 is 0 Å². The van der Waals surface area contributed by atoms with Crippen molar-refractivity contribution in [1.82, 2.24) is 15.2 Å². The number of carbonyl (C=O) groups is 1. The maximum absolute atomic E-state index is 12.4. The van der Waals surface area contributed by atoms with E-state index in [4.69, 9.17) is 5.73 Å². The highest BCUT2D eigenvalue weighted by molar-refractivity contribution is 5.96. The van der Waals surface area contributed by atoms with E-state index in [-0.39, 0.29) is 11.3 Å². The molecule has 4 N–H and O–H groups in total. The molecule has 1 fully saturated rings. The van der Waals surface area contributed by atoms with Gasteiger partial charge < -0.3 is 11.1 Å². The topological polar surface area (TPSA) is 96.7 Å². The Morgan fingerprint density at radius 2 is 2.29 bits per heavy atom. The summed E-state index contributed by atoms with van der Waals surface area (Å²) in [5.74, 6) is 1.40. The Kier molecular flexibility index (Phi) is 3.47. The van der Waals surface area contributed by atoms with Crippen molar-refractivity contribution in [3.63, 3.8) is 0 Å². The lowest BCUT2D eigenvalue weighted by atomic mass is 9.68. The summed E-state index contributed by atoms with van der Waals surface area (Å²) in [6, 6.07) is 7.54. The van der Waals surface area contributed by atoms with Gasteiger partial charge in [0.1, 0.15) is 5.82 Å². The van der Waals surface area contributed by atoms with Crippen molar-refractivity contribution in [2.24, 2.45) is 11.1 Å². The van der Waals surface area contributed by atoms with Gasteiger partial charge in [-0.15, -0.1) is 0 Å². The Labute approximate surface area is 123 Å². The third kappa shape index (κ3) is 2.54. The lowest BCUT2D eigenvalue weighted by Gasteiger charge is -2.39. The quantitative estimate of drug-likeness (QED) is 0.798. The van der Waals surface area contributed by atoms with E-state index >= 15 is 0 Å². The van der Waals surface area contributed by atoms with Crippen molar-refractivity contribution in [1.29, 1.82) is 0 Å². The number of nitrogens with one attached hydrogen (secondary N) is 2. The number of aryl methyl sites for hydroxylation is 1. The normalized spacial score (nSPS) is 16.3. The molecule has 6 nitrogen and oxygen atoms in total. The smallest absolute Gasteiger partial charge is 0.231 e. The van der Waals surface area contributed by atoms with Crippen LogP contribution < -0.4 is 11.1 Å². The lowest BCUT2D eigenvalue weighted by Crippen LogP contribution is -2.47. The molecule has 0 aliphatic heterocycles. The zero-order valence-electron chi connectivity index (χ0n) is 12.0. The SMILES string of the molecule is Cc1nc(-c2cccc(NC(=O)C3(CN)CCC3)c2)n[nH]1. The number of H-pyrrole nitrogens is 1. The van der Waals surface area contributed by atoms with E-state index in [0.29, 0.717) is 12.4 Å². The van der Waals surface area contributed by atoms with Gasteiger partial charge in [-0.3, -0.25) is 9.89 Å². The van der Waals surface area contributed by atoms with Crippen LogP contribution in [-0.4, -0.2) is 27.6 Å². The fourth-order valence-corrected chi connectivity index (χ4v) is 2.60. The van der Waals surface area contributed by atoms with Crippen molar-refractivity contribution in [2.75, 3.05) is 11.9 Å². The molecular weight excluding hydrogens is 266 g/mol. The number of aromatic nitrogens is 3. The molecule has 0 bridgehead atoms. The predicted octanol–water partition coefficient (Wildman–Crippen LogP) is 1.85. The molecule has 1 amide bonds. The third-order valence-electron chi connectivity index (χ3n) is 4.16. The summed E-state index contributed by atoms with van der Waals surface area (Å²) < 4.78 is 0. The second-order valence-corrected chi connectivity index (χ2v) is 5.62. The molecule has 1 aliphatic carbocycles. The van der Waals surface area contributed by atoms with Gasteiger partial charge in [0.2, 0.25) is 5.91 Å². The number of anilines is 1. The summed E-state index contributed by atoms with van der Waals surface area (Å²) >= 11 is 0. The Hall–Kier alpha value is -2.21. The maximum Gasteiger partial charge on any atom is 0.231 e. The van der Waals surface area contributed by atoms with Crippen LogP contribution in [0.3, 0.4) is 0 Å². The first-order valence-electron chi connectivity index (χ1n) is 7.14. The fraction of sp³-hybridized carbons (Fsp3) is 0.400. The monoisotopic (exact) mass is 285 g/mol. The number of hydrogen-bond acceptors (Lipinski definition) is 4. The number of nitrogens with zero attached hydrogens (tertiary/aromatic N) is 2. The Morgan fingerprint density at radius 1 is 1.48 bits per heavy atom. The fourth-order valence-electron chi connectivity index (χ4n) is 2.60. The highest BCUT2D eigenvalue weighted by Crippen LogP contribution is 2.40. The first-order chi connectivity index (χ1) is 10.1. The molecule has 110 valence electrons. The van der Waals surface area contributed by atoms with Crippen LogP contribution in [0.5, 0.6) is 0 Å². The van der Waals surface area contributed by atoms with Crippen LogP contribution in [0.4, 0.5) is 5.69 Å². The van der Waals surface area contributed by atoms with Gasteiger partial charge in [-0.05, 0) is 31.9 Å². The molecule has 0 spiro atoms. The van der Waals surface area contributed by atoms with Gasteiger partial charge in [-0.25, -0.2) is 4.98 Å². The number of nitrogens with two attached hydrogens (primary N) is 1. The molecule has 3 rings (SSSR count). The average Bonchev–Trinajstić information content (AvgIpc) is 2.85. The van der Waals surface area contributed by atoms with E-state index in [1.54, 1.807) is 0 Å². The van der Waals surface area contributed by atoms with Crippen LogP contribution in [0.15, 0.2) is 24.3 Å². The Morgan fingerprint density at radius 3 is 2.86 bits per heavy atom. The number of benzene rings is 1. The summed E-state index contributed by atoms with van der Waals surface area (Å²) in [7, 11) is 0. The average molecular weight is 285 g/mol. The first kappa shape index (κ1) is 13.8. The van der Waals surface area contributed by atoms with Crippen LogP contribution in [0.1, 0.15) is 25.1 Å². The van der Waals surface area contributed by atoms with Crippen molar-refractivity contribution >= 4 is 11.6 Å². The van der Waals surface area contributed by atoms with Crippen LogP contribution in [-0.2, 0) is 4.79 Å². The highest BCUT2D eigenvalue weighted by atomic mass is 16.2. The number of rotatable bonds is 4. The van der Waals surface area contributed by atoms with Crippen molar-refractivity contribution in [3.8, 4) is 11.4 Å². The molecule has 1 aromatic heterocycles. The van der Waals surface area contributed by atoms with Crippen LogP contribution in [0.2, 0.25) is 0 Å². The van der Waals surface area contributed by atoms with E-state index in [1.165, 1.54) is 0 Å². The molecule has 0 radical (unpaired) electrons. The van der Waals surface area contributed by atoms with E-state index in [1.807, 2.05) is 31.2 Å². The van der Waals surface area contributed by atoms with Gasteiger partial charge in [0, 0.05) is 17.8 Å². The molecular formula is C15H19N5O. The number of hydrogen-bond donors (Lipinski definition) is 3. The minimum atomic E-state index is -0.378. The number of aromatic amines is 1. The Bertz CT molecular complexity index is 654. The van der Waals surface area contributed by atoms with Crippen molar-refractivity contribution in [2.45, 2.75) is 26.2 Å². The van der Waals surface area contributed by atoms with Gasteiger partial charge in [0.15, 0.2) is 5.82 Å². The molecule has 21 heavy (non-hydrogen) atoms. The summed E-state index contributed by atoms with van der Waals surface area (Å²) in [5.41, 5.74) is 7.00. The first-order valence-corrected chi connectivity index (χ1v) is 7.14. The highest BCUT2D eigenvalue weighted by Gasteiger charge is 2.42. The zero-order chi connectivity index (χ0) is 14.9. The molecule has 0 atom stereocenters. The standard InChI is InChI=1S/C15H19N5O/c1-10-17-13(20-19-10)11-4-2-5-12(8-11)18-14(21)15(9-16)6-3-7-15/h2,4-5,8H,3,6-7,9,16H2,1H3,(H,18,21)(H,17,19,20). The second kappa shape index (κ2) is 5.29. The molecule has 0 saturated heterocycles. The largest absolute Gasteiger partial charge is 0.329 e. The minimum Gasteiger partial charge on any atom is -0.329 e. The van der Waals surface area contributed by atoms with Gasteiger partial charge in [0.25, 0.3) is 0 Å². The second-order valence-electron chi connectivity index (χ2n) is 5.62. The molecule has 0 unspecified atom stereocenters. The van der Waals surface area contributed by atoms with Crippen LogP contribution in [0, 0.1) is 12.3 Å². The summed E-state index contributed by atoms with van der Waals surface area (Å²) in [6.45, 7) is 2.25. The van der Waals surface area contributed by atoms with E-state index in [9.17, 15) is 4.79 Å². The molecule has 1 saturated carbocycles. The molecule has 1 heterocycles. The zero-order valence-corrected chi connectivity index (χ0v) is 12.0. The minimum absolute atomic E-state index is 0.0135. The summed E-state index contributed by atoms with van der Waals surface area (Å²) in [5, 5.41) is 9.91. The van der Waals surface area contributed by atoms with Crippen molar-refractivity contribution < 1.29 is 4.79 Å². The summed E-state index contributed by atoms with van der Waals surface area (Å²) in [6.07, 6.45) is 2.81. The lowest BCUT2D eigenvalue weighted by molar-refractivity contribution is -0.129. The van der Waals surface area contributed by atoms with Crippen molar-refractivity contribution in [3.05, 3.63) is 30.1 Å². The molecule has 1 aromatic carbocycles. The van der Waals surface area contributed by atoms with E-state index < -0.39 is 0 Å². The van der Waals surface area contributed by atoms with Crippen LogP contribution in [0.25, 0.3) is 11.4 Å². The molecule has 6 heteroatoms. The van der Waals surface area contributed by atoms with E-state index in [0.717, 1.165) is 36.3 Å². The summed E-state index contributed by atoms with van der Waals surface area (Å²) in [4.78, 5) is 16.7. The van der Waals surface area contributed by atoms with E-state index in [2.05, 4.69) is 20.5 Å². The Balaban J connectivity index is 1.79. The predicted molar refractivity (Wildman–Crippen MR) is 80.5 cm³/mol. The van der Waals surface area contributed by atoms with Gasteiger partial charge in [0.05, 0.1) is 5.41 Å². The number of amides is 1. The number of carbonyl (C=O) groups excluding carboxylic acids is 1. The molecule has 2 aromatic rings. The van der Waals surface area contributed by atoms with Gasteiger partial charge in [-0.1, -0.05) is 18.6 Å². The maximum atomic E-state index is 12.4. The molecule has 1 aliphatic rings. The third-order valence-corrected chi connectivity index (χ3v) is 4.16.